The number of likely N-dealkylation sites (tertiary alicyclic amines) is 1. The molecular weight excluding hydrogens is 327 g/mol. The number of hydrogen-bond acceptors (Lipinski definition) is 2. The van der Waals surface area contributed by atoms with Gasteiger partial charge < -0.3 is 5.73 Å². The molecule has 1 aromatic carbocycles. The summed E-state index contributed by atoms with van der Waals surface area (Å²) in [5, 5.41) is 0. The monoisotopic (exact) mass is 344 g/mol. The largest absolute Gasteiger partial charge is 0.393 e. The topological polar surface area (TPSA) is 29.3 Å². The molecule has 0 atom stereocenters. The molecule has 5 heteroatoms. The van der Waals surface area contributed by atoms with Gasteiger partial charge in [0.15, 0.2) is 0 Å². The zero-order valence-electron chi connectivity index (χ0n) is 11.0. The van der Waals surface area contributed by atoms with Crippen LogP contribution in [0.1, 0.15) is 25.3 Å². The predicted octanol–water partition coefficient (Wildman–Crippen LogP) is 3.48. The van der Waals surface area contributed by atoms with Crippen LogP contribution in [0.3, 0.4) is 0 Å². The van der Waals surface area contributed by atoms with Crippen LogP contribution in [0.4, 0.5) is 4.39 Å². The Morgan fingerprint density at radius 1 is 1.47 bits per heavy atom. The third-order valence-electron chi connectivity index (χ3n) is 3.96. The van der Waals surface area contributed by atoms with Crippen LogP contribution in [0.5, 0.6) is 0 Å². The summed E-state index contributed by atoms with van der Waals surface area (Å²) >= 11 is 8.55. The molecule has 2 nitrogen and oxygen atoms in total. The Labute approximate surface area is 127 Å². The molecule has 0 bridgehead atoms. The molecule has 0 amide bonds. The molecule has 1 fully saturated rings. The van der Waals surface area contributed by atoms with Crippen molar-refractivity contribution in [2.24, 2.45) is 11.1 Å². The summed E-state index contributed by atoms with van der Waals surface area (Å²) in [5.41, 5.74) is 6.91. The molecule has 1 heterocycles. The van der Waals surface area contributed by atoms with Gasteiger partial charge in [0, 0.05) is 16.4 Å². The molecular formula is C14H18BrFN2S. The van der Waals surface area contributed by atoms with Gasteiger partial charge in [0.05, 0.1) is 4.99 Å². The standard InChI is InChI=1S/C14H18BrFN2S/c1-14(13(17)19)4-6-18(7-5-14)9-10-2-3-11(16)8-12(10)15/h2-3,8H,4-7,9H2,1H3,(H2,17,19). The highest BCUT2D eigenvalue weighted by Crippen LogP contribution is 2.32. The van der Waals surface area contributed by atoms with Gasteiger partial charge in [-0.3, -0.25) is 4.90 Å². The molecule has 1 aliphatic rings. The average Bonchev–Trinajstić information content (AvgIpc) is 2.35. The van der Waals surface area contributed by atoms with Crippen molar-refractivity contribution in [3.8, 4) is 0 Å². The maximum Gasteiger partial charge on any atom is 0.124 e. The van der Waals surface area contributed by atoms with Crippen LogP contribution < -0.4 is 5.73 Å². The maximum absolute atomic E-state index is 13.0. The van der Waals surface area contributed by atoms with Gasteiger partial charge in [-0.1, -0.05) is 41.1 Å². The smallest absolute Gasteiger partial charge is 0.124 e. The van der Waals surface area contributed by atoms with Crippen molar-refractivity contribution in [2.75, 3.05) is 13.1 Å². The highest BCUT2D eigenvalue weighted by molar-refractivity contribution is 9.10. The van der Waals surface area contributed by atoms with E-state index in [0.29, 0.717) is 4.99 Å². The van der Waals surface area contributed by atoms with Crippen molar-refractivity contribution in [2.45, 2.75) is 26.3 Å². The van der Waals surface area contributed by atoms with Crippen LogP contribution in [0.2, 0.25) is 0 Å². The zero-order valence-corrected chi connectivity index (χ0v) is 13.4. The fraction of sp³-hybridized carbons (Fsp3) is 0.500. The highest BCUT2D eigenvalue weighted by atomic mass is 79.9. The highest BCUT2D eigenvalue weighted by Gasteiger charge is 2.32. The van der Waals surface area contributed by atoms with Crippen molar-refractivity contribution >= 4 is 33.1 Å². The second kappa shape index (κ2) is 5.85. The Morgan fingerprint density at radius 2 is 2.11 bits per heavy atom. The average molecular weight is 345 g/mol. The SMILES string of the molecule is CC1(C(N)=S)CCN(Cc2ccc(F)cc2Br)CC1. The van der Waals surface area contributed by atoms with Crippen LogP contribution in [-0.4, -0.2) is 23.0 Å². The van der Waals surface area contributed by atoms with E-state index in [0.717, 1.165) is 42.5 Å². The summed E-state index contributed by atoms with van der Waals surface area (Å²) in [4.78, 5) is 2.98. The van der Waals surface area contributed by atoms with Gasteiger partial charge in [0.25, 0.3) is 0 Å². The first-order chi connectivity index (χ1) is 8.90. The number of piperidine rings is 1. The van der Waals surface area contributed by atoms with E-state index in [2.05, 4.69) is 27.8 Å². The van der Waals surface area contributed by atoms with Crippen molar-refractivity contribution in [3.05, 3.63) is 34.1 Å². The molecule has 0 radical (unpaired) electrons. The number of nitrogens with two attached hydrogens (primary N) is 1. The van der Waals surface area contributed by atoms with E-state index in [-0.39, 0.29) is 11.2 Å². The first kappa shape index (κ1) is 14.9. The number of rotatable bonds is 3. The normalized spacial score (nSPS) is 19.3. The molecule has 2 N–H and O–H groups in total. The van der Waals surface area contributed by atoms with Crippen molar-refractivity contribution in [3.63, 3.8) is 0 Å². The minimum Gasteiger partial charge on any atom is -0.393 e. The van der Waals surface area contributed by atoms with Gasteiger partial charge in [-0.2, -0.15) is 0 Å². The Balaban J connectivity index is 1.98. The Morgan fingerprint density at radius 3 is 2.63 bits per heavy atom. The van der Waals surface area contributed by atoms with E-state index in [1.54, 1.807) is 0 Å². The van der Waals surface area contributed by atoms with Crippen molar-refractivity contribution in [1.29, 1.82) is 0 Å². The van der Waals surface area contributed by atoms with Crippen LogP contribution in [0.15, 0.2) is 22.7 Å². The first-order valence-corrected chi connectivity index (χ1v) is 7.57. The number of thiocarbonyl (C=S) groups is 1. The van der Waals surface area contributed by atoms with Crippen molar-refractivity contribution in [1.82, 2.24) is 4.90 Å². The van der Waals surface area contributed by atoms with Gasteiger partial charge >= 0.3 is 0 Å². The lowest BCUT2D eigenvalue weighted by molar-refractivity contribution is 0.157. The summed E-state index contributed by atoms with van der Waals surface area (Å²) in [6.45, 7) is 4.91. The predicted molar refractivity (Wildman–Crippen MR) is 83.5 cm³/mol. The third-order valence-corrected chi connectivity index (χ3v) is 5.19. The minimum absolute atomic E-state index is 0.00807. The second-order valence-corrected chi connectivity index (χ2v) is 6.73. The van der Waals surface area contributed by atoms with E-state index >= 15 is 0 Å². The lowest BCUT2D eigenvalue weighted by Gasteiger charge is -2.38. The van der Waals surface area contributed by atoms with Gasteiger partial charge in [0.1, 0.15) is 5.82 Å². The third kappa shape index (κ3) is 3.52. The number of benzene rings is 1. The molecule has 0 aliphatic carbocycles. The van der Waals surface area contributed by atoms with Gasteiger partial charge in [-0.25, -0.2) is 4.39 Å². The van der Waals surface area contributed by atoms with E-state index in [9.17, 15) is 4.39 Å². The van der Waals surface area contributed by atoms with Crippen LogP contribution >= 0.6 is 28.1 Å². The van der Waals surface area contributed by atoms with Crippen LogP contribution in [0.25, 0.3) is 0 Å². The first-order valence-electron chi connectivity index (χ1n) is 6.37. The Kier molecular flexibility index (Phi) is 4.58. The molecule has 104 valence electrons. The summed E-state index contributed by atoms with van der Waals surface area (Å²) < 4.78 is 13.9. The van der Waals surface area contributed by atoms with Gasteiger partial charge in [0.2, 0.25) is 0 Å². The van der Waals surface area contributed by atoms with Crippen LogP contribution in [0, 0.1) is 11.2 Å². The fourth-order valence-electron chi connectivity index (χ4n) is 2.34. The molecule has 2 rings (SSSR count). The fourth-order valence-corrected chi connectivity index (χ4v) is 3.02. The number of nitrogens with zero attached hydrogens (tertiary/aromatic N) is 1. The summed E-state index contributed by atoms with van der Waals surface area (Å²) in [5.74, 6) is -0.213. The molecule has 1 saturated heterocycles. The van der Waals surface area contributed by atoms with E-state index in [1.807, 2.05) is 6.07 Å². The molecule has 1 aromatic rings. The quantitative estimate of drug-likeness (QED) is 0.851. The Hall–Kier alpha value is -0.520. The van der Waals surface area contributed by atoms with Gasteiger partial charge in [-0.15, -0.1) is 0 Å². The van der Waals surface area contributed by atoms with Crippen molar-refractivity contribution < 1.29 is 4.39 Å². The summed E-state index contributed by atoms with van der Waals surface area (Å²) in [6, 6.07) is 4.85. The van der Waals surface area contributed by atoms with Gasteiger partial charge in [-0.05, 0) is 43.6 Å². The minimum atomic E-state index is -0.213. The lowest BCUT2D eigenvalue weighted by Crippen LogP contribution is -2.44. The molecule has 0 spiro atoms. The molecule has 0 aromatic heterocycles. The number of halogens is 2. The molecule has 1 aliphatic heterocycles. The lowest BCUT2D eigenvalue weighted by atomic mass is 9.80. The molecule has 0 unspecified atom stereocenters. The Bertz CT molecular complexity index is 484. The summed E-state index contributed by atoms with van der Waals surface area (Å²) in [7, 11) is 0. The summed E-state index contributed by atoms with van der Waals surface area (Å²) in [6.07, 6.45) is 1.97. The second-order valence-electron chi connectivity index (χ2n) is 5.44. The number of hydrogen-bond donors (Lipinski definition) is 1. The van der Waals surface area contributed by atoms with E-state index in [1.165, 1.54) is 12.1 Å². The van der Waals surface area contributed by atoms with E-state index < -0.39 is 0 Å². The zero-order chi connectivity index (χ0) is 14.0. The molecule has 19 heavy (non-hydrogen) atoms. The maximum atomic E-state index is 13.0. The van der Waals surface area contributed by atoms with E-state index in [4.69, 9.17) is 18.0 Å². The molecule has 0 saturated carbocycles. The van der Waals surface area contributed by atoms with Crippen LogP contribution in [-0.2, 0) is 6.54 Å².